The summed E-state index contributed by atoms with van der Waals surface area (Å²) < 4.78 is 27.9. The largest absolute Gasteiger partial charge is 0.397 e. The molecule has 0 saturated heterocycles. The van der Waals surface area contributed by atoms with Gasteiger partial charge in [-0.3, -0.25) is 4.72 Å². The Morgan fingerprint density at radius 1 is 1.38 bits per heavy atom. The van der Waals surface area contributed by atoms with Gasteiger partial charge in [0.15, 0.2) is 0 Å². The first kappa shape index (κ1) is 12.8. The van der Waals surface area contributed by atoms with Gasteiger partial charge in [-0.25, -0.2) is 0 Å². The fraction of sp³-hybridized carbons (Fsp3) is 0.400. The van der Waals surface area contributed by atoms with Crippen LogP contribution in [0.4, 0.5) is 11.4 Å². The Morgan fingerprint density at radius 3 is 2.69 bits per heavy atom. The van der Waals surface area contributed by atoms with E-state index >= 15 is 0 Å². The summed E-state index contributed by atoms with van der Waals surface area (Å²) in [5, 5.41) is 0. The zero-order valence-corrected chi connectivity index (χ0v) is 10.3. The van der Waals surface area contributed by atoms with Crippen LogP contribution in [0, 0.1) is 6.92 Å². The van der Waals surface area contributed by atoms with E-state index < -0.39 is 10.2 Å². The van der Waals surface area contributed by atoms with Crippen LogP contribution in [-0.2, 0) is 10.2 Å². The first-order chi connectivity index (χ1) is 7.44. The molecule has 0 aromatic heterocycles. The van der Waals surface area contributed by atoms with E-state index in [0.29, 0.717) is 17.9 Å². The van der Waals surface area contributed by atoms with E-state index in [-0.39, 0.29) is 0 Å². The molecule has 0 radical (unpaired) electrons. The molecule has 6 heteroatoms. The van der Waals surface area contributed by atoms with Crippen LogP contribution in [0.1, 0.15) is 18.9 Å². The van der Waals surface area contributed by atoms with Gasteiger partial charge >= 0.3 is 0 Å². The third-order valence-corrected chi connectivity index (χ3v) is 3.07. The molecule has 0 fully saturated rings. The molecule has 16 heavy (non-hydrogen) atoms. The van der Waals surface area contributed by atoms with Gasteiger partial charge in [-0.15, -0.1) is 0 Å². The quantitative estimate of drug-likeness (QED) is 0.680. The van der Waals surface area contributed by atoms with Crippen LogP contribution >= 0.6 is 0 Å². The molecule has 0 bridgehead atoms. The second kappa shape index (κ2) is 5.18. The molecule has 0 aliphatic carbocycles. The van der Waals surface area contributed by atoms with Crippen LogP contribution in [-0.4, -0.2) is 15.0 Å². The third-order valence-electron chi connectivity index (χ3n) is 2.00. The standard InChI is InChI=1S/C10H17N3O2S/c1-3-6-12-16(14,15)13-10-7-8(2)4-5-9(10)11/h4-5,7,12-13H,3,6,11H2,1-2H3. The van der Waals surface area contributed by atoms with Crippen molar-refractivity contribution in [1.29, 1.82) is 0 Å². The fourth-order valence-corrected chi connectivity index (χ4v) is 2.19. The van der Waals surface area contributed by atoms with Crippen molar-refractivity contribution in [3.8, 4) is 0 Å². The molecule has 0 saturated carbocycles. The summed E-state index contributed by atoms with van der Waals surface area (Å²) in [6, 6.07) is 5.19. The summed E-state index contributed by atoms with van der Waals surface area (Å²) in [4.78, 5) is 0. The SMILES string of the molecule is CCCNS(=O)(=O)Nc1cc(C)ccc1N. The van der Waals surface area contributed by atoms with E-state index in [1.807, 2.05) is 19.9 Å². The topological polar surface area (TPSA) is 84.2 Å². The highest BCUT2D eigenvalue weighted by atomic mass is 32.2. The van der Waals surface area contributed by atoms with Gasteiger partial charge in [0.25, 0.3) is 10.2 Å². The molecular formula is C10H17N3O2S. The monoisotopic (exact) mass is 243 g/mol. The van der Waals surface area contributed by atoms with Crippen molar-refractivity contribution in [2.45, 2.75) is 20.3 Å². The third kappa shape index (κ3) is 3.71. The Balaban J connectivity index is 2.83. The first-order valence-electron chi connectivity index (χ1n) is 5.08. The first-order valence-corrected chi connectivity index (χ1v) is 6.56. The zero-order valence-electron chi connectivity index (χ0n) is 9.45. The van der Waals surface area contributed by atoms with Gasteiger partial charge < -0.3 is 5.73 Å². The lowest BCUT2D eigenvalue weighted by atomic mass is 10.2. The zero-order chi connectivity index (χ0) is 12.2. The average Bonchev–Trinajstić information content (AvgIpc) is 2.20. The second-order valence-electron chi connectivity index (χ2n) is 3.59. The maximum absolute atomic E-state index is 11.5. The molecule has 0 aliphatic rings. The molecule has 0 atom stereocenters. The van der Waals surface area contributed by atoms with Gasteiger partial charge in [-0.2, -0.15) is 13.1 Å². The second-order valence-corrected chi connectivity index (χ2v) is 5.09. The minimum Gasteiger partial charge on any atom is -0.397 e. The van der Waals surface area contributed by atoms with Gasteiger partial charge in [0.05, 0.1) is 11.4 Å². The minimum absolute atomic E-state index is 0.404. The van der Waals surface area contributed by atoms with Crippen molar-refractivity contribution >= 4 is 21.6 Å². The number of aryl methyl sites for hydroxylation is 1. The molecule has 0 unspecified atom stereocenters. The number of nitrogens with one attached hydrogen (secondary N) is 2. The van der Waals surface area contributed by atoms with Crippen LogP contribution in [0.3, 0.4) is 0 Å². The van der Waals surface area contributed by atoms with Crippen LogP contribution in [0.15, 0.2) is 18.2 Å². The van der Waals surface area contributed by atoms with Gasteiger partial charge in [-0.05, 0) is 31.0 Å². The van der Waals surface area contributed by atoms with Gasteiger partial charge in [-0.1, -0.05) is 13.0 Å². The van der Waals surface area contributed by atoms with E-state index in [4.69, 9.17) is 5.73 Å². The highest BCUT2D eigenvalue weighted by molar-refractivity contribution is 7.90. The predicted octanol–water partition coefficient (Wildman–Crippen LogP) is 1.23. The van der Waals surface area contributed by atoms with E-state index in [1.54, 1.807) is 12.1 Å². The summed E-state index contributed by atoms with van der Waals surface area (Å²) >= 11 is 0. The number of anilines is 2. The Bertz CT molecular complexity index is 457. The lowest BCUT2D eigenvalue weighted by molar-refractivity contribution is 0.586. The van der Waals surface area contributed by atoms with Gasteiger partial charge in [0.2, 0.25) is 0 Å². The summed E-state index contributed by atoms with van der Waals surface area (Å²) in [7, 11) is -3.52. The summed E-state index contributed by atoms with van der Waals surface area (Å²) in [5.74, 6) is 0. The molecule has 5 nitrogen and oxygen atoms in total. The molecule has 0 amide bonds. The average molecular weight is 243 g/mol. The molecule has 4 N–H and O–H groups in total. The fourth-order valence-electron chi connectivity index (χ4n) is 1.18. The van der Waals surface area contributed by atoms with Crippen LogP contribution in [0.5, 0.6) is 0 Å². The van der Waals surface area contributed by atoms with E-state index in [2.05, 4.69) is 9.44 Å². The maximum atomic E-state index is 11.5. The number of hydrogen-bond acceptors (Lipinski definition) is 3. The number of hydrogen-bond donors (Lipinski definition) is 3. The van der Waals surface area contributed by atoms with Crippen molar-refractivity contribution in [1.82, 2.24) is 4.72 Å². The molecule has 0 heterocycles. The number of nitrogens with two attached hydrogens (primary N) is 1. The molecule has 1 aromatic rings. The molecule has 1 rings (SSSR count). The predicted molar refractivity (Wildman–Crippen MR) is 66.4 cm³/mol. The Labute approximate surface area is 96.2 Å². The summed E-state index contributed by atoms with van der Waals surface area (Å²) in [6.45, 7) is 4.17. The van der Waals surface area contributed by atoms with E-state index in [1.165, 1.54) is 0 Å². The van der Waals surface area contributed by atoms with Crippen molar-refractivity contribution in [2.75, 3.05) is 17.0 Å². The smallest absolute Gasteiger partial charge is 0.299 e. The van der Waals surface area contributed by atoms with Crippen LogP contribution in [0.2, 0.25) is 0 Å². The highest BCUT2D eigenvalue weighted by Gasteiger charge is 2.10. The van der Waals surface area contributed by atoms with Crippen molar-refractivity contribution in [3.05, 3.63) is 23.8 Å². The Hall–Kier alpha value is -1.27. The van der Waals surface area contributed by atoms with Crippen molar-refractivity contribution < 1.29 is 8.42 Å². The number of rotatable bonds is 5. The van der Waals surface area contributed by atoms with E-state index in [0.717, 1.165) is 12.0 Å². The van der Waals surface area contributed by atoms with E-state index in [9.17, 15) is 8.42 Å². The van der Waals surface area contributed by atoms with Crippen LogP contribution < -0.4 is 15.2 Å². The summed E-state index contributed by atoms with van der Waals surface area (Å²) in [5.41, 5.74) is 7.43. The molecular weight excluding hydrogens is 226 g/mol. The molecule has 1 aromatic carbocycles. The normalized spacial score (nSPS) is 11.4. The molecule has 0 aliphatic heterocycles. The highest BCUT2D eigenvalue weighted by Crippen LogP contribution is 2.20. The van der Waals surface area contributed by atoms with Gasteiger partial charge in [0, 0.05) is 6.54 Å². The van der Waals surface area contributed by atoms with Crippen LogP contribution in [0.25, 0.3) is 0 Å². The van der Waals surface area contributed by atoms with Crippen molar-refractivity contribution in [2.24, 2.45) is 0 Å². The maximum Gasteiger partial charge on any atom is 0.299 e. The Morgan fingerprint density at radius 2 is 2.06 bits per heavy atom. The lowest BCUT2D eigenvalue weighted by Gasteiger charge is -2.11. The minimum atomic E-state index is -3.52. The van der Waals surface area contributed by atoms with Gasteiger partial charge in [0.1, 0.15) is 0 Å². The molecule has 0 spiro atoms. The summed E-state index contributed by atoms with van der Waals surface area (Å²) in [6.07, 6.45) is 0.740. The number of benzene rings is 1. The molecule has 90 valence electrons. The van der Waals surface area contributed by atoms with Crippen molar-refractivity contribution in [3.63, 3.8) is 0 Å². The number of nitrogen functional groups attached to an aromatic ring is 1. The Kier molecular flexibility index (Phi) is 4.14. The lowest BCUT2D eigenvalue weighted by Crippen LogP contribution is -2.30.